The van der Waals surface area contributed by atoms with Crippen molar-refractivity contribution in [3.63, 3.8) is 0 Å². The largest absolute Gasteiger partial charge is 0.310 e. The lowest BCUT2D eigenvalue weighted by atomic mass is 9.70. The fourth-order valence-corrected chi connectivity index (χ4v) is 9.32. The monoisotopic (exact) mass is 659 g/mol. The normalized spacial score (nSPS) is 13.2. The smallest absolute Gasteiger partial charge is 0.0726 e. The summed E-state index contributed by atoms with van der Waals surface area (Å²) in [5.74, 6) is 0. The standard InChI is InChI=1S/C51H33N/c1-2-19-37(20-3-1)52(50-32-36-17-5-4-16-35(36)31-45(50)40-25-14-18-34-15-6-7-21-39(34)40)38-29-30-44-43-24-10-13-28-48(43)51(49(44)33-38)46-26-11-8-22-41(46)42-23-9-12-27-47(42)51/h1-33H. The Morgan fingerprint density at radius 3 is 1.46 bits per heavy atom. The molecule has 242 valence electrons. The molecule has 0 N–H and O–H groups in total. The third-order valence-electron chi connectivity index (χ3n) is 11.4. The van der Waals surface area contributed by atoms with Crippen LogP contribution < -0.4 is 4.90 Å². The molecular weight excluding hydrogens is 627 g/mol. The predicted molar refractivity (Wildman–Crippen MR) is 218 cm³/mol. The number of anilines is 3. The van der Waals surface area contributed by atoms with Gasteiger partial charge in [0, 0.05) is 16.9 Å². The number of nitrogens with zero attached hydrogens (tertiary/aromatic N) is 1. The highest BCUT2D eigenvalue weighted by Gasteiger charge is 2.51. The number of benzene rings is 9. The molecule has 0 radical (unpaired) electrons. The molecule has 52 heavy (non-hydrogen) atoms. The summed E-state index contributed by atoms with van der Waals surface area (Å²) in [6.45, 7) is 0. The van der Waals surface area contributed by atoms with Crippen LogP contribution in [0.25, 0.3) is 54.9 Å². The van der Waals surface area contributed by atoms with Crippen molar-refractivity contribution in [1.82, 2.24) is 0 Å². The molecule has 2 aliphatic carbocycles. The van der Waals surface area contributed by atoms with Gasteiger partial charge in [0.2, 0.25) is 0 Å². The lowest BCUT2D eigenvalue weighted by Crippen LogP contribution is -2.26. The average Bonchev–Trinajstić information content (AvgIpc) is 3.68. The Kier molecular flexibility index (Phi) is 6.23. The van der Waals surface area contributed by atoms with Crippen molar-refractivity contribution in [2.24, 2.45) is 0 Å². The van der Waals surface area contributed by atoms with Gasteiger partial charge in [-0.15, -0.1) is 0 Å². The summed E-state index contributed by atoms with van der Waals surface area (Å²) < 4.78 is 0. The Hall–Kier alpha value is -6.70. The van der Waals surface area contributed by atoms with Crippen LogP contribution in [0.4, 0.5) is 17.1 Å². The van der Waals surface area contributed by atoms with Crippen LogP contribution in [-0.4, -0.2) is 0 Å². The van der Waals surface area contributed by atoms with Gasteiger partial charge in [-0.25, -0.2) is 0 Å². The SMILES string of the molecule is c1ccc(N(c2ccc3c(c2)C2(c4ccccc4-c4ccccc42)c2ccccc2-3)c2cc3ccccc3cc2-c2cccc3ccccc23)cc1. The highest BCUT2D eigenvalue weighted by Crippen LogP contribution is 2.63. The van der Waals surface area contributed by atoms with Crippen LogP contribution in [0, 0.1) is 0 Å². The highest BCUT2D eigenvalue weighted by molar-refractivity contribution is 6.06. The lowest BCUT2D eigenvalue weighted by molar-refractivity contribution is 0.793. The van der Waals surface area contributed by atoms with Gasteiger partial charge in [0.15, 0.2) is 0 Å². The molecule has 0 saturated carbocycles. The van der Waals surface area contributed by atoms with Crippen molar-refractivity contribution in [2.75, 3.05) is 4.90 Å². The minimum atomic E-state index is -0.417. The second-order valence-electron chi connectivity index (χ2n) is 14.0. The van der Waals surface area contributed by atoms with Gasteiger partial charge in [-0.2, -0.15) is 0 Å². The van der Waals surface area contributed by atoms with E-state index in [1.54, 1.807) is 0 Å². The number of para-hydroxylation sites is 1. The van der Waals surface area contributed by atoms with E-state index in [0.29, 0.717) is 0 Å². The van der Waals surface area contributed by atoms with Crippen LogP contribution in [0.1, 0.15) is 22.3 Å². The first-order valence-corrected chi connectivity index (χ1v) is 18.1. The summed E-state index contributed by atoms with van der Waals surface area (Å²) in [7, 11) is 0. The van der Waals surface area contributed by atoms with Crippen molar-refractivity contribution >= 4 is 38.6 Å². The summed E-state index contributed by atoms with van der Waals surface area (Å²) in [5.41, 5.74) is 16.1. The molecule has 2 aliphatic rings. The predicted octanol–water partition coefficient (Wildman–Crippen LogP) is 13.5. The number of fused-ring (bicyclic) bond motifs is 12. The van der Waals surface area contributed by atoms with Crippen molar-refractivity contribution in [2.45, 2.75) is 5.41 Å². The fraction of sp³-hybridized carbons (Fsp3) is 0.0196. The van der Waals surface area contributed by atoms with Crippen LogP contribution in [0.3, 0.4) is 0 Å². The first kappa shape index (κ1) is 29.1. The van der Waals surface area contributed by atoms with E-state index in [4.69, 9.17) is 0 Å². The van der Waals surface area contributed by atoms with Crippen LogP contribution >= 0.6 is 0 Å². The number of hydrogen-bond acceptors (Lipinski definition) is 1. The van der Waals surface area contributed by atoms with E-state index in [2.05, 4.69) is 205 Å². The maximum absolute atomic E-state index is 2.49. The first-order chi connectivity index (χ1) is 25.8. The molecule has 0 aliphatic heterocycles. The van der Waals surface area contributed by atoms with E-state index < -0.39 is 5.41 Å². The Bertz CT molecular complexity index is 2800. The first-order valence-electron chi connectivity index (χ1n) is 18.1. The lowest BCUT2D eigenvalue weighted by Gasteiger charge is -2.33. The molecular formula is C51H33N. The molecule has 0 bridgehead atoms. The fourth-order valence-electron chi connectivity index (χ4n) is 9.32. The quantitative estimate of drug-likeness (QED) is 0.182. The van der Waals surface area contributed by atoms with Gasteiger partial charge in [-0.05, 0) is 108 Å². The molecule has 0 atom stereocenters. The highest BCUT2D eigenvalue weighted by atomic mass is 15.1. The van der Waals surface area contributed by atoms with Gasteiger partial charge in [0.25, 0.3) is 0 Å². The van der Waals surface area contributed by atoms with Crippen LogP contribution in [0.2, 0.25) is 0 Å². The van der Waals surface area contributed by atoms with Crippen molar-refractivity contribution < 1.29 is 0 Å². The van der Waals surface area contributed by atoms with Crippen molar-refractivity contribution in [1.29, 1.82) is 0 Å². The van der Waals surface area contributed by atoms with E-state index in [-0.39, 0.29) is 0 Å². The molecule has 11 rings (SSSR count). The van der Waals surface area contributed by atoms with Gasteiger partial charge in [-0.3, -0.25) is 0 Å². The van der Waals surface area contributed by atoms with Crippen molar-refractivity contribution in [3.8, 4) is 33.4 Å². The Morgan fingerprint density at radius 2 is 0.788 bits per heavy atom. The van der Waals surface area contributed by atoms with Gasteiger partial charge in [0.1, 0.15) is 0 Å². The zero-order valence-corrected chi connectivity index (χ0v) is 28.5. The van der Waals surface area contributed by atoms with Crippen molar-refractivity contribution in [3.05, 3.63) is 222 Å². The van der Waals surface area contributed by atoms with E-state index in [1.165, 1.54) is 77.2 Å². The zero-order valence-electron chi connectivity index (χ0n) is 28.5. The number of rotatable bonds is 4. The molecule has 0 aromatic heterocycles. The molecule has 9 aromatic rings. The average molecular weight is 660 g/mol. The molecule has 1 nitrogen and oxygen atoms in total. The second-order valence-corrected chi connectivity index (χ2v) is 14.0. The Labute approximate surface area is 303 Å². The van der Waals surface area contributed by atoms with Crippen LogP contribution in [0.15, 0.2) is 200 Å². The van der Waals surface area contributed by atoms with E-state index in [1.807, 2.05) is 0 Å². The Balaban J connectivity index is 1.23. The van der Waals surface area contributed by atoms with E-state index in [9.17, 15) is 0 Å². The molecule has 1 heteroatoms. The van der Waals surface area contributed by atoms with E-state index >= 15 is 0 Å². The third kappa shape index (κ3) is 3.99. The molecule has 0 unspecified atom stereocenters. The second kappa shape index (κ2) is 11.2. The zero-order chi connectivity index (χ0) is 34.2. The Morgan fingerprint density at radius 1 is 0.288 bits per heavy atom. The summed E-state index contributed by atoms with van der Waals surface area (Å²) in [6, 6.07) is 74.1. The molecule has 9 aromatic carbocycles. The van der Waals surface area contributed by atoms with Crippen LogP contribution in [0.5, 0.6) is 0 Å². The summed E-state index contributed by atoms with van der Waals surface area (Å²) >= 11 is 0. The molecule has 0 amide bonds. The van der Waals surface area contributed by atoms with Gasteiger partial charge in [-0.1, -0.05) is 164 Å². The maximum atomic E-state index is 2.49. The van der Waals surface area contributed by atoms with Gasteiger partial charge in [0.05, 0.1) is 11.1 Å². The molecule has 0 saturated heterocycles. The van der Waals surface area contributed by atoms with Crippen LogP contribution in [-0.2, 0) is 5.41 Å². The summed E-state index contributed by atoms with van der Waals surface area (Å²) in [5, 5.41) is 4.93. The third-order valence-corrected chi connectivity index (χ3v) is 11.4. The summed E-state index contributed by atoms with van der Waals surface area (Å²) in [4.78, 5) is 2.48. The van der Waals surface area contributed by atoms with Gasteiger partial charge >= 0.3 is 0 Å². The maximum Gasteiger partial charge on any atom is 0.0726 e. The van der Waals surface area contributed by atoms with Gasteiger partial charge < -0.3 is 4.90 Å². The molecule has 0 heterocycles. The molecule has 1 spiro atoms. The topological polar surface area (TPSA) is 3.24 Å². The summed E-state index contributed by atoms with van der Waals surface area (Å²) in [6.07, 6.45) is 0. The minimum Gasteiger partial charge on any atom is -0.310 e. The number of hydrogen-bond donors (Lipinski definition) is 0. The van der Waals surface area contributed by atoms with E-state index in [0.717, 1.165) is 17.1 Å². The molecule has 0 fully saturated rings. The minimum absolute atomic E-state index is 0.417.